The van der Waals surface area contributed by atoms with Gasteiger partial charge in [0.1, 0.15) is 11.4 Å². The molecule has 24 heavy (non-hydrogen) atoms. The summed E-state index contributed by atoms with van der Waals surface area (Å²) in [5.74, 6) is -2.29. The van der Waals surface area contributed by atoms with Gasteiger partial charge >= 0.3 is 5.97 Å². The molecule has 0 aliphatic heterocycles. The van der Waals surface area contributed by atoms with Crippen LogP contribution >= 0.6 is 0 Å². The van der Waals surface area contributed by atoms with Gasteiger partial charge in [0.2, 0.25) is 5.43 Å². The molecular weight excluding hydrogens is 313 g/mol. The second-order valence-corrected chi connectivity index (χ2v) is 6.36. The zero-order valence-electron chi connectivity index (χ0n) is 13.0. The molecule has 5 nitrogen and oxygen atoms in total. The molecule has 1 aliphatic rings. The second kappa shape index (κ2) is 6.11. The molecule has 0 spiro atoms. The number of nitrogens with zero attached hydrogens (tertiary/aromatic N) is 1. The van der Waals surface area contributed by atoms with Crippen LogP contribution in [-0.4, -0.2) is 20.7 Å². The first-order valence-electron chi connectivity index (χ1n) is 7.84. The third-order valence-electron chi connectivity index (χ3n) is 4.77. The Kier molecular flexibility index (Phi) is 4.13. The molecular formula is C18H18FNO4. The lowest BCUT2D eigenvalue weighted by molar-refractivity contribution is 0.0693. The van der Waals surface area contributed by atoms with Gasteiger partial charge in [0.25, 0.3) is 0 Å². The largest absolute Gasteiger partial charge is 0.503 e. The predicted octanol–water partition coefficient (Wildman–Crippen LogP) is 2.90. The van der Waals surface area contributed by atoms with Crippen molar-refractivity contribution in [2.24, 2.45) is 0 Å². The Hall–Kier alpha value is -2.63. The first kappa shape index (κ1) is 16.2. The van der Waals surface area contributed by atoms with E-state index in [1.807, 2.05) is 6.07 Å². The lowest BCUT2D eigenvalue weighted by atomic mass is 9.78. The van der Waals surface area contributed by atoms with E-state index in [2.05, 4.69) is 0 Å². The van der Waals surface area contributed by atoms with Crippen molar-refractivity contribution in [3.8, 4) is 5.75 Å². The van der Waals surface area contributed by atoms with Gasteiger partial charge in [-0.2, -0.15) is 0 Å². The number of benzene rings is 1. The Bertz CT molecular complexity index is 837. The molecule has 1 aliphatic carbocycles. The van der Waals surface area contributed by atoms with Crippen molar-refractivity contribution in [1.29, 1.82) is 0 Å². The fraction of sp³-hybridized carbons (Fsp3) is 0.333. The van der Waals surface area contributed by atoms with Crippen LogP contribution in [0.25, 0.3) is 0 Å². The smallest absolute Gasteiger partial charge is 0.341 e. The zero-order chi connectivity index (χ0) is 17.3. The number of pyridine rings is 1. The Morgan fingerprint density at radius 3 is 2.58 bits per heavy atom. The normalized spacial score (nSPS) is 16.2. The summed E-state index contributed by atoms with van der Waals surface area (Å²) in [6.45, 7) is 0.380. The Balaban J connectivity index is 2.04. The number of aromatic nitrogens is 1. The Morgan fingerprint density at radius 1 is 1.25 bits per heavy atom. The summed E-state index contributed by atoms with van der Waals surface area (Å²) in [5.41, 5.74) is -0.846. The van der Waals surface area contributed by atoms with Crippen molar-refractivity contribution in [2.75, 3.05) is 0 Å². The molecule has 0 saturated heterocycles. The monoisotopic (exact) mass is 331 g/mol. The van der Waals surface area contributed by atoms with Crippen LogP contribution in [-0.2, 0) is 12.0 Å². The van der Waals surface area contributed by atoms with E-state index < -0.39 is 22.7 Å². The average molecular weight is 331 g/mol. The van der Waals surface area contributed by atoms with E-state index >= 15 is 0 Å². The Labute approximate surface area is 138 Å². The van der Waals surface area contributed by atoms with Gasteiger partial charge < -0.3 is 14.8 Å². The highest BCUT2D eigenvalue weighted by Gasteiger charge is 2.36. The summed E-state index contributed by atoms with van der Waals surface area (Å²) >= 11 is 0. The van der Waals surface area contributed by atoms with Crippen LogP contribution in [0.4, 0.5) is 4.39 Å². The maximum Gasteiger partial charge on any atom is 0.341 e. The maximum absolute atomic E-state index is 13.7. The maximum atomic E-state index is 13.7. The minimum absolute atomic E-state index is 0.312. The van der Waals surface area contributed by atoms with E-state index in [1.54, 1.807) is 6.07 Å². The van der Waals surface area contributed by atoms with E-state index in [-0.39, 0.29) is 11.2 Å². The van der Waals surface area contributed by atoms with Crippen LogP contribution in [0.3, 0.4) is 0 Å². The first-order valence-corrected chi connectivity index (χ1v) is 7.84. The number of carboxylic acids is 1. The molecule has 1 fully saturated rings. The topological polar surface area (TPSA) is 79.5 Å². The molecule has 0 atom stereocenters. The van der Waals surface area contributed by atoms with Crippen molar-refractivity contribution in [3.63, 3.8) is 0 Å². The SMILES string of the molecule is O=C(O)c1cn(CC2(c3cccc(F)c3)CCCC2)cc(O)c1=O. The van der Waals surface area contributed by atoms with Gasteiger partial charge in [0, 0.05) is 24.4 Å². The van der Waals surface area contributed by atoms with Gasteiger partial charge in [0.05, 0.1) is 0 Å². The fourth-order valence-electron chi connectivity index (χ4n) is 3.62. The highest BCUT2D eigenvalue weighted by atomic mass is 19.1. The van der Waals surface area contributed by atoms with E-state index in [4.69, 9.17) is 5.11 Å². The lowest BCUT2D eigenvalue weighted by Gasteiger charge is -2.31. The molecule has 1 aromatic heterocycles. The van der Waals surface area contributed by atoms with E-state index in [0.29, 0.717) is 6.54 Å². The van der Waals surface area contributed by atoms with E-state index in [9.17, 15) is 19.1 Å². The van der Waals surface area contributed by atoms with Crippen molar-refractivity contribution in [1.82, 2.24) is 4.57 Å². The lowest BCUT2D eigenvalue weighted by Crippen LogP contribution is -2.30. The fourth-order valence-corrected chi connectivity index (χ4v) is 3.62. The minimum atomic E-state index is -1.38. The molecule has 0 unspecified atom stereocenters. The number of carbonyl (C=O) groups is 1. The molecule has 0 bridgehead atoms. The molecule has 1 heterocycles. The summed E-state index contributed by atoms with van der Waals surface area (Å²) < 4.78 is 15.2. The summed E-state index contributed by atoms with van der Waals surface area (Å²) in [4.78, 5) is 22.9. The van der Waals surface area contributed by atoms with Gasteiger partial charge in [-0.3, -0.25) is 4.79 Å². The highest BCUT2D eigenvalue weighted by molar-refractivity contribution is 5.87. The molecule has 3 rings (SSSR count). The third kappa shape index (κ3) is 2.91. The molecule has 0 amide bonds. The van der Waals surface area contributed by atoms with E-state index in [1.165, 1.54) is 29.1 Å². The standard InChI is InChI=1S/C18H18FNO4/c19-13-5-3-4-12(8-13)18(6-1-2-7-18)11-20-9-14(17(23)24)16(22)15(21)10-20/h3-5,8-10,21H,1-2,6-7,11H2,(H,23,24). The van der Waals surface area contributed by atoms with E-state index in [0.717, 1.165) is 31.2 Å². The minimum Gasteiger partial charge on any atom is -0.503 e. The van der Waals surface area contributed by atoms with Crippen molar-refractivity contribution >= 4 is 5.97 Å². The average Bonchev–Trinajstić information content (AvgIpc) is 3.00. The van der Waals surface area contributed by atoms with Crippen LogP contribution < -0.4 is 5.43 Å². The molecule has 2 N–H and O–H groups in total. The van der Waals surface area contributed by atoms with Crippen LogP contribution in [0.2, 0.25) is 0 Å². The summed E-state index contributed by atoms with van der Waals surface area (Å²) in [7, 11) is 0. The highest BCUT2D eigenvalue weighted by Crippen LogP contribution is 2.42. The second-order valence-electron chi connectivity index (χ2n) is 6.36. The number of hydrogen-bond donors (Lipinski definition) is 2. The quantitative estimate of drug-likeness (QED) is 0.903. The van der Waals surface area contributed by atoms with Gasteiger partial charge in [0.15, 0.2) is 5.75 Å². The molecule has 6 heteroatoms. The number of hydrogen-bond acceptors (Lipinski definition) is 3. The number of aromatic carboxylic acids is 1. The Morgan fingerprint density at radius 2 is 1.96 bits per heavy atom. The molecule has 126 valence electrons. The van der Waals surface area contributed by atoms with Crippen molar-refractivity contribution in [3.05, 3.63) is 63.8 Å². The summed E-state index contributed by atoms with van der Waals surface area (Å²) in [6, 6.07) is 6.43. The molecule has 1 saturated carbocycles. The van der Waals surface area contributed by atoms with Crippen LogP contribution in [0.15, 0.2) is 41.5 Å². The number of aromatic hydroxyl groups is 1. The van der Waals surface area contributed by atoms with Crippen LogP contribution in [0.5, 0.6) is 5.75 Å². The summed E-state index contributed by atoms with van der Waals surface area (Å²) in [5, 5.41) is 18.9. The molecule has 0 radical (unpaired) electrons. The molecule has 1 aromatic carbocycles. The summed E-state index contributed by atoms with van der Waals surface area (Å²) in [6.07, 6.45) is 6.15. The van der Waals surface area contributed by atoms with Crippen molar-refractivity contribution < 1.29 is 19.4 Å². The van der Waals surface area contributed by atoms with Crippen molar-refractivity contribution in [2.45, 2.75) is 37.6 Å². The number of carboxylic acid groups (broad SMARTS) is 1. The number of rotatable bonds is 4. The zero-order valence-corrected chi connectivity index (χ0v) is 13.0. The van der Waals surface area contributed by atoms with Gasteiger partial charge in [-0.15, -0.1) is 0 Å². The van der Waals surface area contributed by atoms with Gasteiger partial charge in [-0.25, -0.2) is 9.18 Å². The van der Waals surface area contributed by atoms with Gasteiger partial charge in [-0.1, -0.05) is 25.0 Å². The van der Waals surface area contributed by atoms with Gasteiger partial charge in [-0.05, 0) is 30.5 Å². The number of halogens is 1. The third-order valence-corrected chi connectivity index (χ3v) is 4.77. The molecule has 2 aromatic rings. The van der Waals surface area contributed by atoms with Crippen LogP contribution in [0.1, 0.15) is 41.6 Å². The first-order chi connectivity index (χ1) is 11.4. The predicted molar refractivity (Wildman–Crippen MR) is 85.9 cm³/mol. The van der Waals surface area contributed by atoms with Crippen LogP contribution in [0, 0.1) is 5.82 Å².